The fourth-order valence-corrected chi connectivity index (χ4v) is 4.38. The number of carbonyl (C=O) groups excluding carboxylic acids is 3. The topological polar surface area (TPSA) is 109 Å². The van der Waals surface area contributed by atoms with Gasteiger partial charge in [-0.2, -0.15) is 5.10 Å². The lowest BCUT2D eigenvalue weighted by atomic mass is 10.1. The van der Waals surface area contributed by atoms with Crippen LogP contribution in [0.2, 0.25) is 0 Å². The lowest BCUT2D eigenvalue weighted by Crippen LogP contribution is -2.32. The second kappa shape index (κ2) is 13.1. The predicted octanol–water partition coefficient (Wildman–Crippen LogP) is 3.34. The molecular weight excluding hydrogens is 563 g/mol. The molecule has 1 heterocycles. The highest BCUT2D eigenvalue weighted by Crippen LogP contribution is 2.34. The number of hydrogen-bond acceptors (Lipinski definition) is 6. The van der Waals surface area contributed by atoms with Crippen LogP contribution in [0.1, 0.15) is 37.8 Å². The van der Waals surface area contributed by atoms with Gasteiger partial charge in [0, 0.05) is 18.8 Å². The molecule has 10 heteroatoms. The van der Waals surface area contributed by atoms with Gasteiger partial charge in [0.05, 0.1) is 16.4 Å². The fourth-order valence-electron chi connectivity index (χ4n) is 3.60. The van der Waals surface area contributed by atoms with Crippen molar-refractivity contribution in [3.63, 3.8) is 0 Å². The van der Waals surface area contributed by atoms with E-state index in [0.29, 0.717) is 29.4 Å². The van der Waals surface area contributed by atoms with Crippen molar-refractivity contribution in [2.24, 2.45) is 5.10 Å². The first-order chi connectivity index (χ1) is 16.9. The number of amides is 3. The zero-order valence-corrected chi connectivity index (χ0v) is 22.0. The number of nitrogens with one attached hydrogen (secondary N) is 2. The van der Waals surface area contributed by atoms with Crippen molar-refractivity contribution < 1.29 is 23.9 Å². The van der Waals surface area contributed by atoms with E-state index >= 15 is 0 Å². The van der Waals surface area contributed by atoms with Crippen LogP contribution in [-0.4, -0.2) is 55.1 Å². The lowest BCUT2D eigenvalue weighted by Gasteiger charge is -2.18. The van der Waals surface area contributed by atoms with E-state index in [9.17, 15) is 14.4 Å². The Morgan fingerprint density at radius 2 is 1.83 bits per heavy atom. The monoisotopic (exact) mass is 592 g/mol. The number of hydrogen-bond donors (Lipinski definition) is 2. The molecule has 2 aromatic rings. The van der Waals surface area contributed by atoms with Crippen molar-refractivity contribution in [2.45, 2.75) is 33.1 Å². The molecule has 3 rings (SSSR count). The highest BCUT2D eigenvalue weighted by molar-refractivity contribution is 14.1. The normalized spacial score (nSPS) is 13.1. The highest BCUT2D eigenvalue weighted by atomic mass is 127. The largest absolute Gasteiger partial charge is 0.490 e. The number of benzene rings is 2. The maximum Gasteiger partial charge on any atom is 0.329 e. The average molecular weight is 592 g/mol. The number of para-hydroxylation sites is 1. The number of halogens is 1. The van der Waals surface area contributed by atoms with E-state index in [4.69, 9.17) is 9.47 Å². The Hall–Kier alpha value is -3.15. The summed E-state index contributed by atoms with van der Waals surface area (Å²) in [7, 11) is 0. The van der Waals surface area contributed by atoms with Crippen LogP contribution in [0.5, 0.6) is 11.5 Å². The van der Waals surface area contributed by atoms with Crippen LogP contribution in [0.15, 0.2) is 41.5 Å². The number of rotatable bonds is 9. The smallest absolute Gasteiger partial charge is 0.329 e. The third kappa shape index (κ3) is 7.41. The molecule has 0 bridgehead atoms. The molecule has 0 unspecified atom stereocenters. The molecule has 2 aromatic carbocycles. The van der Waals surface area contributed by atoms with E-state index in [-0.39, 0.29) is 12.5 Å². The quantitative estimate of drug-likeness (QED) is 0.201. The predicted molar refractivity (Wildman–Crippen MR) is 142 cm³/mol. The van der Waals surface area contributed by atoms with Gasteiger partial charge in [-0.15, -0.1) is 0 Å². The van der Waals surface area contributed by atoms with Gasteiger partial charge < -0.3 is 19.7 Å². The molecule has 1 saturated heterocycles. The molecule has 3 amide bonds. The van der Waals surface area contributed by atoms with Crippen molar-refractivity contribution in [1.82, 2.24) is 10.3 Å². The van der Waals surface area contributed by atoms with E-state index in [1.165, 1.54) is 6.21 Å². The van der Waals surface area contributed by atoms with Crippen LogP contribution in [0, 0.1) is 3.57 Å². The van der Waals surface area contributed by atoms with Crippen molar-refractivity contribution in [3.05, 3.63) is 51.1 Å². The molecule has 0 saturated carbocycles. The van der Waals surface area contributed by atoms with E-state index in [2.05, 4.69) is 38.4 Å². The number of ether oxygens (including phenoxy) is 2. The van der Waals surface area contributed by atoms with Gasteiger partial charge in [-0.1, -0.05) is 25.1 Å². The van der Waals surface area contributed by atoms with Crippen LogP contribution in [0.4, 0.5) is 5.69 Å². The van der Waals surface area contributed by atoms with Gasteiger partial charge >= 0.3 is 11.8 Å². The number of aryl methyl sites for hydroxylation is 1. The van der Waals surface area contributed by atoms with Crippen molar-refractivity contribution >= 4 is 52.2 Å². The summed E-state index contributed by atoms with van der Waals surface area (Å²) in [4.78, 5) is 38.5. The molecule has 0 atom stereocenters. The summed E-state index contributed by atoms with van der Waals surface area (Å²) in [6, 6.07) is 10.8. The van der Waals surface area contributed by atoms with E-state index in [0.717, 1.165) is 41.5 Å². The first kappa shape index (κ1) is 26.5. The van der Waals surface area contributed by atoms with Gasteiger partial charge in [-0.3, -0.25) is 14.4 Å². The summed E-state index contributed by atoms with van der Waals surface area (Å²) < 4.78 is 12.2. The van der Waals surface area contributed by atoms with Gasteiger partial charge in [-0.25, -0.2) is 5.43 Å². The zero-order chi connectivity index (χ0) is 25.2. The second-order valence-corrected chi connectivity index (χ2v) is 8.97. The molecule has 1 aliphatic heterocycles. The molecule has 186 valence electrons. The van der Waals surface area contributed by atoms with Crippen LogP contribution in [-0.2, 0) is 20.8 Å². The molecule has 0 aliphatic carbocycles. The van der Waals surface area contributed by atoms with Crippen molar-refractivity contribution in [2.75, 3.05) is 31.6 Å². The Labute approximate surface area is 218 Å². The minimum atomic E-state index is -0.882. The molecule has 0 spiro atoms. The van der Waals surface area contributed by atoms with Crippen molar-refractivity contribution in [1.29, 1.82) is 0 Å². The Morgan fingerprint density at radius 1 is 1.09 bits per heavy atom. The number of anilines is 1. The molecule has 1 fully saturated rings. The SMILES string of the molecule is CCOc1cc(/C=N\NC(=O)C(=O)Nc2ccccc2CC)cc(I)c1OCC(=O)N1CCCC1. The average Bonchev–Trinajstić information content (AvgIpc) is 3.39. The summed E-state index contributed by atoms with van der Waals surface area (Å²) in [5.41, 5.74) is 4.39. The maximum atomic E-state index is 12.3. The third-order valence-corrected chi connectivity index (χ3v) is 6.16. The minimum Gasteiger partial charge on any atom is -0.490 e. The van der Waals surface area contributed by atoms with Crippen LogP contribution < -0.4 is 20.2 Å². The Balaban J connectivity index is 1.62. The van der Waals surface area contributed by atoms with Gasteiger partial charge in [0.15, 0.2) is 18.1 Å². The van der Waals surface area contributed by atoms with Crippen molar-refractivity contribution in [3.8, 4) is 11.5 Å². The molecule has 9 nitrogen and oxygen atoms in total. The maximum absolute atomic E-state index is 12.3. The second-order valence-electron chi connectivity index (χ2n) is 7.80. The fraction of sp³-hybridized carbons (Fsp3) is 0.360. The van der Waals surface area contributed by atoms with Gasteiger partial charge in [-0.05, 0) is 78.1 Å². The third-order valence-electron chi connectivity index (χ3n) is 5.36. The Morgan fingerprint density at radius 3 is 2.54 bits per heavy atom. The first-order valence-electron chi connectivity index (χ1n) is 11.5. The van der Waals surface area contributed by atoms with Crippen LogP contribution >= 0.6 is 22.6 Å². The molecule has 2 N–H and O–H groups in total. The van der Waals surface area contributed by atoms with E-state index < -0.39 is 11.8 Å². The molecule has 0 aromatic heterocycles. The van der Waals surface area contributed by atoms with E-state index in [1.54, 1.807) is 29.2 Å². The zero-order valence-electron chi connectivity index (χ0n) is 19.8. The summed E-state index contributed by atoms with van der Waals surface area (Å²) >= 11 is 2.10. The van der Waals surface area contributed by atoms with Crippen LogP contribution in [0.25, 0.3) is 0 Å². The molecule has 0 radical (unpaired) electrons. The van der Waals surface area contributed by atoms with Gasteiger partial charge in [0.1, 0.15) is 0 Å². The lowest BCUT2D eigenvalue weighted by molar-refractivity contribution is -0.136. The summed E-state index contributed by atoms with van der Waals surface area (Å²) in [5, 5.41) is 6.50. The number of hydrazone groups is 1. The molecule has 35 heavy (non-hydrogen) atoms. The van der Waals surface area contributed by atoms with Gasteiger partial charge in [0.25, 0.3) is 5.91 Å². The summed E-state index contributed by atoms with van der Waals surface area (Å²) in [6.45, 7) is 5.69. The summed E-state index contributed by atoms with van der Waals surface area (Å²) in [6.07, 6.45) is 4.18. The molecule has 1 aliphatic rings. The van der Waals surface area contributed by atoms with Crippen LogP contribution in [0.3, 0.4) is 0 Å². The number of likely N-dealkylation sites (tertiary alicyclic amines) is 1. The minimum absolute atomic E-state index is 0.0473. The standard InChI is InChI=1S/C25H29IN4O5/c1-3-18-9-5-6-10-20(18)28-24(32)25(33)29-27-15-17-13-19(26)23(21(14-17)34-4-2)35-16-22(31)30-11-7-8-12-30/h5-6,9-10,13-15H,3-4,7-8,11-12,16H2,1-2H3,(H,28,32)(H,29,33)/b27-15-. The number of carbonyl (C=O) groups is 3. The highest BCUT2D eigenvalue weighted by Gasteiger charge is 2.20. The summed E-state index contributed by atoms with van der Waals surface area (Å²) in [5.74, 6) is -0.786. The first-order valence-corrected chi connectivity index (χ1v) is 12.6. The van der Waals surface area contributed by atoms with E-state index in [1.807, 2.05) is 26.0 Å². The molecular formula is C25H29IN4O5. The van der Waals surface area contributed by atoms with Gasteiger partial charge in [0.2, 0.25) is 0 Å². The Kier molecular flexibility index (Phi) is 9.88. The Bertz CT molecular complexity index is 1100. The number of nitrogens with zero attached hydrogens (tertiary/aromatic N) is 2.